The van der Waals surface area contributed by atoms with Crippen molar-refractivity contribution in [1.82, 2.24) is 20.2 Å². The molecule has 2 aromatic rings. The van der Waals surface area contributed by atoms with E-state index in [1.807, 2.05) is 0 Å². The molecule has 7 heteroatoms. The third-order valence-electron chi connectivity index (χ3n) is 2.27. The third kappa shape index (κ3) is 2.22. The third-order valence-corrected chi connectivity index (χ3v) is 2.27. The highest BCUT2D eigenvalue weighted by Crippen LogP contribution is 2.16. The van der Waals surface area contributed by atoms with Crippen LogP contribution in [0.4, 0.5) is 5.69 Å². The molecule has 0 saturated heterocycles. The summed E-state index contributed by atoms with van der Waals surface area (Å²) in [5, 5.41) is 9.40. The van der Waals surface area contributed by atoms with Crippen molar-refractivity contribution in [1.29, 1.82) is 0 Å². The van der Waals surface area contributed by atoms with E-state index in [0.717, 1.165) is 11.9 Å². The second-order valence-electron chi connectivity index (χ2n) is 3.56. The summed E-state index contributed by atoms with van der Waals surface area (Å²) in [6.45, 7) is 3.58. The Morgan fingerprint density at radius 1 is 1.41 bits per heavy atom. The van der Waals surface area contributed by atoms with Gasteiger partial charge in [-0.3, -0.25) is 14.7 Å². The zero-order valence-electron chi connectivity index (χ0n) is 9.37. The van der Waals surface area contributed by atoms with Gasteiger partial charge in [0.15, 0.2) is 0 Å². The van der Waals surface area contributed by atoms with Gasteiger partial charge in [0.25, 0.3) is 11.5 Å². The van der Waals surface area contributed by atoms with Crippen molar-refractivity contribution in [2.24, 2.45) is 0 Å². The van der Waals surface area contributed by atoms with Crippen molar-refractivity contribution >= 4 is 11.6 Å². The van der Waals surface area contributed by atoms with E-state index in [2.05, 4.69) is 25.5 Å². The summed E-state index contributed by atoms with van der Waals surface area (Å²) in [4.78, 5) is 28.7. The fourth-order valence-electron chi connectivity index (χ4n) is 1.38. The highest BCUT2D eigenvalue weighted by Gasteiger charge is 2.12. The summed E-state index contributed by atoms with van der Waals surface area (Å²) in [6.07, 6.45) is 2.33. The Kier molecular flexibility index (Phi) is 2.73. The lowest BCUT2D eigenvalue weighted by Gasteiger charge is -2.03. The number of carbonyl (C=O) groups is 1. The molecular weight excluding hydrogens is 222 g/mol. The van der Waals surface area contributed by atoms with E-state index in [4.69, 9.17) is 0 Å². The number of aryl methyl sites for hydroxylation is 2. The number of aromatic nitrogens is 4. The molecule has 0 spiro atoms. The Bertz CT molecular complexity index is 573. The van der Waals surface area contributed by atoms with Gasteiger partial charge in [-0.05, 0) is 13.8 Å². The lowest BCUT2D eigenvalue weighted by molar-refractivity contribution is 0.102. The van der Waals surface area contributed by atoms with Crippen molar-refractivity contribution in [3.63, 3.8) is 0 Å². The summed E-state index contributed by atoms with van der Waals surface area (Å²) >= 11 is 0. The molecule has 0 fully saturated rings. The molecule has 17 heavy (non-hydrogen) atoms. The molecule has 0 unspecified atom stereocenters. The summed E-state index contributed by atoms with van der Waals surface area (Å²) < 4.78 is 0. The predicted molar refractivity (Wildman–Crippen MR) is 60.9 cm³/mol. The van der Waals surface area contributed by atoms with Gasteiger partial charge in [0.1, 0.15) is 5.69 Å². The van der Waals surface area contributed by atoms with Gasteiger partial charge >= 0.3 is 0 Å². The minimum Gasteiger partial charge on any atom is -0.325 e. The zero-order valence-corrected chi connectivity index (χ0v) is 9.37. The maximum atomic E-state index is 11.8. The Balaban J connectivity index is 2.23. The van der Waals surface area contributed by atoms with Crippen molar-refractivity contribution in [2.75, 3.05) is 5.32 Å². The van der Waals surface area contributed by atoms with Crippen LogP contribution >= 0.6 is 0 Å². The van der Waals surface area contributed by atoms with Crippen molar-refractivity contribution in [2.45, 2.75) is 13.8 Å². The van der Waals surface area contributed by atoms with Gasteiger partial charge < -0.3 is 10.3 Å². The molecule has 1 amide bonds. The first-order chi connectivity index (χ1) is 8.08. The minimum atomic E-state index is -0.395. The molecule has 0 aliphatic rings. The van der Waals surface area contributed by atoms with Gasteiger partial charge in [-0.15, -0.1) is 0 Å². The van der Waals surface area contributed by atoms with E-state index in [-0.39, 0.29) is 11.3 Å². The molecule has 2 aromatic heterocycles. The average molecular weight is 233 g/mol. The molecule has 0 saturated carbocycles. The quantitative estimate of drug-likeness (QED) is 0.696. The monoisotopic (exact) mass is 233 g/mol. The number of amides is 1. The van der Waals surface area contributed by atoms with E-state index in [9.17, 15) is 9.59 Å². The summed E-state index contributed by atoms with van der Waals surface area (Å²) in [5.41, 5.74) is 1.88. The molecule has 0 radical (unpaired) electrons. The normalized spacial score (nSPS) is 10.2. The molecule has 3 N–H and O–H groups in total. The number of hydrogen-bond acceptors (Lipinski definition) is 4. The Labute approximate surface area is 96.3 Å². The van der Waals surface area contributed by atoms with Gasteiger partial charge in [0.05, 0.1) is 23.3 Å². The number of rotatable bonds is 2. The van der Waals surface area contributed by atoms with Crippen molar-refractivity contribution < 1.29 is 4.79 Å². The minimum absolute atomic E-state index is 0.143. The van der Waals surface area contributed by atoms with Crippen LogP contribution < -0.4 is 10.9 Å². The number of H-pyrrole nitrogens is 2. The molecule has 0 bridgehead atoms. The average Bonchev–Trinajstić information content (AvgIpc) is 2.61. The van der Waals surface area contributed by atoms with Crippen LogP contribution in [0.3, 0.4) is 0 Å². The molecule has 0 atom stereocenters. The summed E-state index contributed by atoms with van der Waals surface area (Å²) in [5.74, 6) is -0.395. The Hall–Kier alpha value is -2.44. The van der Waals surface area contributed by atoms with Gasteiger partial charge in [-0.25, -0.2) is 4.98 Å². The Morgan fingerprint density at radius 3 is 2.71 bits per heavy atom. The van der Waals surface area contributed by atoms with Crippen LogP contribution in [0.15, 0.2) is 17.2 Å². The maximum absolute atomic E-state index is 11.8. The van der Waals surface area contributed by atoms with Crippen LogP contribution in [0.1, 0.15) is 21.9 Å². The fraction of sp³-hybridized carbons (Fsp3) is 0.200. The van der Waals surface area contributed by atoms with Crippen LogP contribution in [0.25, 0.3) is 0 Å². The lowest BCUT2D eigenvalue weighted by atomic mass is 10.3. The van der Waals surface area contributed by atoms with E-state index in [1.54, 1.807) is 13.8 Å². The molecule has 0 aliphatic heterocycles. The maximum Gasteiger partial charge on any atom is 0.275 e. The smallest absolute Gasteiger partial charge is 0.275 e. The second kappa shape index (κ2) is 4.20. The molecule has 88 valence electrons. The topological polar surface area (TPSA) is 104 Å². The predicted octanol–water partition coefficient (Wildman–Crippen LogP) is 0.362. The van der Waals surface area contributed by atoms with Crippen molar-refractivity contribution in [3.05, 3.63) is 39.8 Å². The fourth-order valence-corrected chi connectivity index (χ4v) is 1.38. The molecule has 7 nitrogen and oxygen atoms in total. The van der Waals surface area contributed by atoms with Crippen LogP contribution in [-0.2, 0) is 0 Å². The standard InChI is InChI=1S/C10H11N5O2/c1-5-9(6(2)15-14-5)13-10(17)7-3-12-8(16)4-11-7/h3-4H,1-2H3,(H,12,16)(H,13,17)(H,14,15). The largest absolute Gasteiger partial charge is 0.325 e. The van der Waals surface area contributed by atoms with Crippen LogP contribution in [0, 0.1) is 13.8 Å². The number of nitrogens with one attached hydrogen (secondary N) is 3. The van der Waals surface area contributed by atoms with Gasteiger partial charge in [-0.2, -0.15) is 5.10 Å². The number of aromatic amines is 2. The molecule has 0 aromatic carbocycles. The van der Waals surface area contributed by atoms with E-state index < -0.39 is 5.91 Å². The SMILES string of the molecule is Cc1n[nH]c(C)c1NC(=O)c1c[nH]c(=O)cn1. The summed E-state index contributed by atoms with van der Waals surface area (Å²) in [7, 11) is 0. The second-order valence-corrected chi connectivity index (χ2v) is 3.56. The van der Waals surface area contributed by atoms with Gasteiger partial charge in [0.2, 0.25) is 0 Å². The van der Waals surface area contributed by atoms with E-state index >= 15 is 0 Å². The highest BCUT2D eigenvalue weighted by molar-refractivity contribution is 6.03. The van der Waals surface area contributed by atoms with Gasteiger partial charge in [0, 0.05) is 6.20 Å². The number of carbonyl (C=O) groups excluding carboxylic acids is 1. The van der Waals surface area contributed by atoms with Crippen LogP contribution in [0.2, 0.25) is 0 Å². The first-order valence-corrected chi connectivity index (χ1v) is 4.95. The van der Waals surface area contributed by atoms with Gasteiger partial charge in [-0.1, -0.05) is 0 Å². The van der Waals surface area contributed by atoms with E-state index in [1.165, 1.54) is 6.20 Å². The number of nitrogens with zero attached hydrogens (tertiary/aromatic N) is 2. The first kappa shape index (κ1) is 11.1. The molecule has 2 heterocycles. The highest BCUT2D eigenvalue weighted by atomic mass is 16.2. The van der Waals surface area contributed by atoms with Crippen molar-refractivity contribution in [3.8, 4) is 0 Å². The lowest BCUT2D eigenvalue weighted by Crippen LogP contribution is -2.17. The van der Waals surface area contributed by atoms with Crippen LogP contribution in [-0.4, -0.2) is 26.1 Å². The summed E-state index contributed by atoms with van der Waals surface area (Å²) in [6, 6.07) is 0. The number of hydrogen-bond donors (Lipinski definition) is 3. The number of anilines is 1. The van der Waals surface area contributed by atoms with E-state index in [0.29, 0.717) is 11.4 Å². The molecular formula is C10H11N5O2. The Morgan fingerprint density at radius 2 is 2.18 bits per heavy atom. The molecule has 0 aliphatic carbocycles. The first-order valence-electron chi connectivity index (χ1n) is 4.95. The zero-order chi connectivity index (χ0) is 12.4. The molecule has 2 rings (SSSR count). The van der Waals surface area contributed by atoms with Crippen LogP contribution in [0.5, 0.6) is 0 Å².